The highest BCUT2D eigenvalue weighted by molar-refractivity contribution is 4.84. The van der Waals surface area contributed by atoms with Crippen LogP contribution in [0.1, 0.15) is 73.1 Å². The van der Waals surface area contributed by atoms with E-state index in [0.29, 0.717) is 11.5 Å². The molecule has 1 saturated carbocycles. The molecule has 0 spiro atoms. The van der Waals surface area contributed by atoms with E-state index in [-0.39, 0.29) is 0 Å². The largest absolute Gasteiger partial charge is 0.314 e. The molecule has 2 nitrogen and oxygen atoms in total. The summed E-state index contributed by atoms with van der Waals surface area (Å²) in [4.78, 5) is 2.66. The Morgan fingerprint density at radius 3 is 2.30 bits per heavy atom. The van der Waals surface area contributed by atoms with Gasteiger partial charge in [0, 0.05) is 25.2 Å². The van der Waals surface area contributed by atoms with Crippen LogP contribution in [0.4, 0.5) is 0 Å². The summed E-state index contributed by atoms with van der Waals surface area (Å²) in [6, 6.07) is 1.41. The summed E-state index contributed by atoms with van der Waals surface area (Å²) in [7, 11) is 2.35. The molecule has 2 heteroatoms. The van der Waals surface area contributed by atoms with Crippen molar-refractivity contribution in [2.24, 2.45) is 11.3 Å². The highest BCUT2D eigenvalue weighted by atomic mass is 15.1. The summed E-state index contributed by atoms with van der Waals surface area (Å²) in [5.41, 5.74) is 0.414. The van der Waals surface area contributed by atoms with Crippen molar-refractivity contribution >= 4 is 0 Å². The quantitative estimate of drug-likeness (QED) is 0.714. The zero-order chi connectivity index (χ0) is 15.2. The molecule has 120 valence electrons. The molecule has 0 aromatic heterocycles. The summed E-state index contributed by atoms with van der Waals surface area (Å²) >= 11 is 0. The van der Waals surface area contributed by atoms with Gasteiger partial charge in [-0.3, -0.25) is 0 Å². The maximum absolute atomic E-state index is 3.66. The smallest absolute Gasteiger partial charge is 0.00926 e. The Labute approximate surface area is 127 Å². The van der Waals surface area contributed by atoms with Gasteiger partial charge >= 0.3 is 0 Å². The van der Waals surface area contributed by atoms with Crippen molar-refractivity contribution in [2.45, 2.75) is 85.2 Å². The van der Waals surface area contributed by atoms with Crippen molar-refractivity contribution in [1.29, 1.82) is 0 Å². The molecule has 0 aromatic rings. The van der Waals surface area contributed by atoms with Gasteiger partial charge in [-0.05, 0) is 50.5 Å². The zero-order valence-electron chi connectivity index (χ0n) is 14.8. The molecule has 0 aliphatic heterocycles. The third kappa shape index (κ3) is 6.13. The summed E-state index contributed by atoms with van der Waals surface area (Å²) in [5, 5.41) is 3.66. The molecule has 1 rings (SSSR count). The standard InChI is InChI=1S/C18H38N2/c1-7-12-18(5,13-19-15(2)3)14-20(6)17-10-8-16(4)9-11-17/h15-17,19H,7-14H2,1-6H3. The molecular weight excluding hydrogens is 244 g/mol. The lowest BCUT2D eigenvalue weighted by atomic mass is 9.82. The average Bonchev–Trinajstić information content (AvgIpc) is 2.37. The first kappa shape index (κ1) is 18.0. The lowest BCUT2D eigenvalue weighted by Crippen LogP contribution is -2.46. The van der Waals surface area contributed by atoms with E-state index in [0.717, 1.165) is 18.5 Å². The van der Waals surface area contributed by atoms with E-state index in [2.05, 4.69) is 51.9 Å². The van der Waals surface area contributed by atoms with Crippen molar-refractivity contribution in [2.75, 3.05) is 20.1 Å². The van der Waals surface area contributed by atoms with Crippen molar-refractivity contribution in [3.8, 4) is 0 Å². The van der Waals surface area contributed by atoms with Gasteiger partial charge in [0.2, 0.25) is 0 Å². The molecule has 1 atom stereocenters. The first-order valence-corrected chi connectivity index (χ1v) is 8.80. The third-order valence-electron chi connectivity index (χ3n) is 5.03. The van der Waals surface area contributed by atoms with Gasteiger partial charge in [0.25, 0.3) is 0 Å². The molecule has 1 aliphatic carbocycles. The Balaban J connectivity index is 2.50. The second-order valence-corrected chi connectivity index (χ2v) is 7.93. The second-order valence-electron chi connectivity index (χ2n) is 7.93. The molecule has 20 heavy (non-hydrogen) atoms. The lowest BCUT2D eigenvalue weighted by Gasteiger charge is -2.40. The average molecular weight is 283 g/mol. The van der Waals surface area contributed by atoms with Crippen LogP contribution >= 0.6 is 0 Å². The molecule has 1 aliphatic rings. The van der Waals surface area contributed by atoms with Gasteiger partial charge in [0.15, 0.2) is 0 Å². The van der Waals surface area contributed by atoms with Gasteiger partial charge in [0.1, 0.15) is 0 Å². The maximum Gasteiger partial charge on any atom is 0.00926 e. The highest BCUT2D eigenvalue weighted by Crippen LogP contribution is 2.30. The Morgan fingerprint density at radius 2 is 1.80 bits per heavy atom. The van der Waals surface area contributed by atoms with Gasteiger partial charge < -0.3 is 10.2 Å². The van der Waals surface area contributed by atoms with Crippen LogP contribution in [0.2, 0.25) is 0 Å². The van der Waals surface area contributed by atoms with E-state index >= 15 is 0 Å². The van der Waals surface area contributed by atoms with Crippen molar-refractivity contribution in [1.82, 2.24) is 10.2 Å². The molecule has 0 amide bonds. The second kappa shape index (κ2) is 8.38. The first-order valence-electron chi connectivity index (χ1n) is 8.80. The SMILES string of the molecule is CCCC(C)(CNC(C)C)CN(C)C1CCC(C)CC1. The van der Waals surface area contributed by atoms with Crippen LogP contribution in [-0.2, 0) is 0 Å². The van der Waals surface area contributed by atoms with E-state index < -0.39 is 0 Å². The van der Waals surface area contributed by atoms with Crippen LogP contribution in [0.25, 0.3) is 0 Å². The van der Waals surface area contributed by atoms with E-state index in [1.54, 1.807) is 0 Å². The van der Waals surface area contributed by atoms with Crippen molar-refractivity contribution in [3.05, 3.63) is 0 Å². The van der Waals surface area contributed by atoms with Crippen LogP contribution in [0.3, 0.4) is 0 Å². The summed E-state index contributed by atoms with van der Waals surface area (Å²) in [6.07, 6.45) is 8.24. The molecule has 1 N–H and O–H groups in total. The third-order valence-corrected chi connectivity index (χ3v) is 5.03. The summed E-state index contributed by atoms with van der Waals surface area (Å²) < 4.78 is 0. The van der Waals surface area contributed by atoms with Crippen LogP contribution in [0.15, 0.2) is 0 Å². The van der Waals surface area contributed by atoms with Gasteiger partial charge in [-0.25, -0.2) is 0 Å². The van der Waals surface area contributed by atoms with Gasteiger partial charge in [0.05, 0.1) is 0 Å². The zero-order valence-corrected chi connectivity index (χ0v) is 14.8. The van der Waals surface area contributed by atoms with E-state index in [1.165, 1.54) is 45.1 Å². The Morgan fingerprint density at radius 1 is 1.20 bits per heavy atom. The lowest BCUT2D eigenvalue weighted by molar-refractivity contribution is 0.104. The minimum absolute atomic E-state index is 0.414. The minimum Gasteiger partial charge on any atom is -0.314 e. The fourth-order valence-electron chi connectivity index (χ4n) is 3.69. The molecular formula is C18H38N2. The van der Waals surface area contributed by atoms with Crippen LogP contribution < -0.4 is 5.32 Å². The number of nitrogens with one attached hydrogen (secondary N) is 1. The summed E-state index contributed by atoms with van der Waals surface area (Å²) in [6.45, 7) is 14.1. The Hall–Kier alpha value is -0.0800. The van der Waals surface area contributed by atoms with Crippen LogP contribution in [0.5, 0.6) is 0 Å². The molecule has 1 unspecified atom stereocenters. The molecule has 1 fully saturated rings. The molecule has 0 bridgehead atoms. The minimum atomic E-state index is 0.414. The Bertz CT molecular complexity index is 256. The predicted molar refractivity (Wildman–Crippen MR) is 90.2 cm³/mol. The monoisotopic (exact) mass is 282 g/mol. The van der Waals surface area contributed by atoms with E-state index in [1.807, 2.05) is 0 Å². The first-order chi connectivity index (χ1) is 9.36. The van der Waals surface area contributed by atoms with E-state index in [4.69, 9.17) is 0 Å². The normalized spacial score (nSPS) is 27.0. The predicted octanol–water partition coefficient (Wildman–Crippen LogP) is 4.30. The molecule has 0 heterocycles. The maximum atomic E-state index is 3.66. The van der Waals surface area contributed by atoms with Crippen molar-refractivity contribution < 1.29 is 0 Å². The number of nitrogens with zero attached hydrogens (tertiary/aromatic N) is 1. The molecule has 0 radical (unpaired) electrons. The van der Waals surface area contributed by atoms with Gasteiger partial charge in [-0.15, -0.1) is 0 Å². The van der Waals surface area contributed by atoms with E-state index in [9.17, 15) is 0 Å². The molecule has 0 aromatic carbocycles. The van der Waals surface area contributed by atoms with Crippen molar-refractivity contribution in [3.63, 3.8) is 0 Å². The van der Waals surface area contributed by atoms with Gasteiger partial charge in [-0.2, -0.15) is 0 Å². The number of hydrogen-bond donors (Lipinski definition) is 1. The highest BCUT2D eigenvalue weighted by Gasteiger charge is 2.29. The van der Waals surface area contributed by atoms with Crippen LogP contribution in [0, 0.1) is 11.3 Å². The topological polar surface area (TPSA) is 15.3 Å². The van der Waals surface area contributed by atoms with Gasteiger partial charge in [-0.1, -0.05) is 41.0 Å². The fraction of sp³-hybridized carbons (Fsp3) is 1.00. The molecule has 0 saturated heterocycles. The number of rotatable bonds is 8. The summed E-state index contributed by atoms with van der Waals surface area (Å²) in [5.74, 6) is 0.948. The Kier molecular flexibility index (Phi) is 7.53. The van der Waals surface area contributed by atoms with Crippen LogP contribution in [-0.4, -0.2) is 37.1 Å². The fourth-order valence-corrected chi connectivity index (χ4v) is 3.69. The number of hydrogen-bond acceptors (Lipinski definition) is 2.